The highest BCUT2D eigenvalue weighted by molar-refractivity contribution is 8.00. The first-order chi connectivity index (χ1) is 13.4. The van der Waals surface area contributed by atoms with E-state index < -0.39 is 10.0 Å². The highest BCUT2D eigenvalue weighted by Gasteiger charge is 2.30. The molecule has 2 aliphatic rings. The number of thioether (sulfide) groups is 1. The molecule has 0 spiro atoms. The second-order valence-electron chi connectivity index (χ2n) is 7.87. The SMILES string of the molecule is CN=C(NCC1CCN(S(=O)(=O)c2ccccc2)CC1)NCC1(C)CCCS1. The topological polar surface area (TPSA) is 73.8 Å². The summed E-state index contributed by atoms with van der Waals surface area (Å²) < 4.78 is 27.4. The molecule has 0 amide bonds. The Morgan fingerprint density at radius 2 is 1.96 bits per heavy atom. The van der Waals surface area contributed by atoms with Crippen LogP contribution in [0.5, 0.6) is 0 Å². The van der Waals surface area contributed by atoms with Crippen LogP contribution >= 0.6 is 11.8 Å². The summed E-state index contributed by atoms with van der Waals surface area (Å²) in [7, 11) is -1.57. The Balaban J connectivity index is 1.44. The molecule has 2 N–H and O–H groups in total. The van der Waals surface area contributed by atoms with Crippen LogP contribution in [0.2, 0.25) is 0 Å². The van der Waals surface area contributed by atoms with E-state index in [9.17, 15) is 8.42 Å². The number of aliphatic imine (C=N–C) groups is 1. The zero-order valence-electron chi connectivity index (χ0n) is 16.9. The highest BCUT2D eigenvalue weighted by atomic mass is 32.2. The summed E-state index contributed by atoms with van der Waals surface area (Å²) in [5, 5.41) is 6.88. The predicted octanol–water partition coefficient (Wildman–Crippen LogP) is 2.54. The minimum atomic E-state index is -3.37. The maximum absolute atomic E-state index is 12.7. The fraction of sp³-hybridized carbons (Fsp3) is 0.650. The van der Waals surface area contributed by atoms with E-state index in [1.165, 1.54) is 18.6 Å². The molecule has 0 aliphatic carbocycles. The van der Waals surface area contributed by atoms with Crippen molar-refractivity contribution in [2.75, 3.05) is 39.0 Å². The molecule has 156 valence electrons. The van der Waals surface area contributed by atoms with Crippen molar-refractivity contribution in [2.24, 2.45) is 10.9 Å². The predicted molar refractivity (Wildman–Crippen MR) is 117 cm³/mol. The van der Waals surface area contributed by atoms with Gasteiger partial charge in [-0.15, -0.1) is 0 Å². The Bertz CT molecular complexity index is 754. The first kappa shape index (κ1) is 21.5. The van der Waals surface area contributed by atoms with Gasteiger partial charge in [-0.2, -0.15) is 16.1 Å². The first-order valence-corrected chi connectivity index (χ1v) is 12.5. The van der Waals surface area contributed by atoms with Gasteiger partial charge in [-0.05, 0) is 56.4 Å². The van der Waals surface area contributed by atoms with E-state index in [-0.39, 0.29) is 0 Å². The van der Waals surface area contributed by atoms with Crippen molar-refractivity contribution < 1.29 is 8.42 Å². The summed E-state index contributed by atoms with van der Waals surface area (Å²) in [6.07, 6.45) is 4.27. The maximum Gasteiger partial charge on any atom is 0.243 e. The second kappa shape index (κ2) is 9.50. The van der Waals surface area contributed by atoms with Gasteiger partial charge in [0.2, 0.25) is 10.0 Å². The van der Waals surface area contributed by atoms with Crippen LogP contribution in [-0.2, 0) is 10.0 Å². The van der Waals surface area contributed by atoms with Crippen LogP contribution < -0.4 is 10.6 Å². The molecule has 2 aliphatic heterocycles. The quantitative estimate of drug-likeness (QED) is 0.542. The average molecular weight is 425 g/mol. The molecule has 2 fully saturated rings. The molecule has 2 heterocycles. The summed E-state index contributed by atoms with van der Waals surface area (Å²) in [5.41, 5.74) is 0. The van der Waals surface area contributed by atoms with Crippen LogP contribution in [-0.4, -0.2) is 62.4 Å². The molecule has 28 heavy (non-hydrogen) atoms. The summed E-state index contributed by atoms with van der Waals surface area (Å²) >= 11 is 2.04. The molecule has 3 rings (SSSR count). The Morgan fingerprint density at radius 3 is 2.57 bits per heavy atom. The van der Waals surface area contributed by atoms with Gasteiger partial charge >= 0.3 is 0 Å². The molecule has 0 saturated carbocycles. The molecule has 1 atom stereocenters. The van der Waals surface area contributed by atoms with Crippen molar-refractivity contribution in [1.29, 1.82) is 0 Å². The van der Waals surface area contributed by atoms with Crippen molar-refractivity contribution in [2.45, 2.75) is 42.2 Å². The second-order valence-corrected chi connectivity index (χ2v) is 11.5. The molecule has 2 saturated heterocycles. The fourth-order valence-corrected chi connectivity index (χ4v) is 6.54. The van der Waals surface area contributed by atoms with Crippen molar-refractivity contribution in [3.63, 3.8) is 0 Å². The molecule has 0 aromatic heterocycles. The Morgan fingerprint density at radius 1 is 1.25 bits per heavy atom. The van der Waals surface area contributed by atoms with Crippen molar-refractivity contribution >= 4 is 27.7 Å². The van der Waals surface area contributed by atoms with Gasteiger partial charge in [0.05, 0.1) is 4.90 Å². The van der Waals surface area contributed by atoms with E-state index in [1.54, 1.807) is 35.6 Å². The summed E-state index contributed by atoms with van der Waals surface area (Å²) in [6, 6.07) is 8.71. The number of nitrogens with one attached hydrogen (secondary N) is 2. The van der Waals surface area contributed by atoms with Crippen LogP contribution in [0.1, 0.15) is 32.6 Å². The van der Waals surface area contributed by atoms with Gasteiger partial charge in [0, 0.05) is 38.0 Å². The lowest BCUT2D eigenvalue weighted by Crippen LogP contribution is -2.46. The fourth-order valence-electron chi connectivity index (χ4n) is 3.80. The molecule has 1 aromatic carbocycles. The average Bonchev–Trinajstić information content (AvgIpc) is 3.16. The number of piperidine rings is 1. The minimum absolute atomic E-state index is 0.300. The Hall–Kier alpha value is -1.25. The first-order valence-electron chi connectivity index (χ1n) is 10.1. The number of sulfonamides is 1. The number of benzene rings is 1. The zero-order valence-corrected chi connectivity index (χ0v) is 18.5. The number of guanidine groups is 1. The summed E-state index contributed by atoms with van der Waals surface area (Å²) in [5.74, 6) is 2.54. The van der Waals surface area contributed by atoms with E-state index in [0.29, 0.717) is 28.6 Å². The lowest BCUT2D eigenvalue weighted by molar-refractivity contribution is 0.273. The number of nitrogens with zero attached hydrogens (tertiary/aromatic N) is 2. The van der Waals surface area contributed by atoms with Crippen LogP contribution in [0, 0.1) is 5.92 Å². The largest absolute Gasteiger partial charge is 0.356 e. The minimum Gasteiger partial charge on any atom is -0.356 e. The Kier molecular flexibility index (Phi) is 7.28. The van der Waals surface area contributed by atoms with Crippen LogP contribution in [0.4, 0.5) is 0 Å². The van der Waals surface area contributed by atoms with Gasteiger partial charge in [0.25, 0.3) is 0 Å². The number of hydrogen-bond acceptors (Lipinski definition) is 4. The lowest BCUT2D eigenvalue weighted by Gasteiger charge is -2.31. The highest BCUT2D eigenvalue weighted by Crippen LogP contribution is 2.36. The van der Waals surface area contributed by atoms with E-state index in [1.807, 2.05) is 17.8 Å². The van der Waals surface area contributed by atoms with Gasteiger partial charge in [-0.25, -0.2) is 8.42 Å². The van der Waals surface area contributed by atoms with Crippen molar-refractivity contribution in [1.82, 2.24) is 14.9 Å². The smallest absolute Gasteiger partial charge is 0.243 e. The van der Waals surface area contributed by atoms with Crippen LogP contribution in [0.25, 0.3) is 0 Å². The standard InChI is InChI=1S/C20H32N4O2S2/c1-20(11-6-14-27-20)16-23-19(21-2)22-15-17-9-12-24(13-10-17)28(25,26)18-7-4-3-5-8-18/h3-5,7-8,17H,6,9-16H2,1-2H3,(H2,21,22,23). The van der Waals surface area contributed by atoms with Crippen molar-refractivity contribution in [3.05, 3.63) is 30.3 Å². The third-order valence-corrected chi connectivity index (χ3v) is 9.12. The van der Waals surface area contributed by atoms with E-state index in [2.05, 4.69) is 22.5 Å². The third-order valence-electron chi connectivity index (χ3n) is 5.67. The molecular weight excluding hydrogens is 392 g/mol. The van der Waals surface area contributed by atoms with E-state index in [4.69, 9.17) is 0 Å². The zero-order chi connectivity index (χ0) is 20.0. The van der Waals surface area contributed by atoms with E-state index in [0.717, 1.165) is 31.9 Å². The molecule has 1 aromatic rings. The van der Waals surface area contributed by atoms with Crippen LogP contribution in [0.3, 0.4) is 0 Å². The van der Waals surface area contributed by atoms with Crippen LogP contribution in [0.15, 0.2) is 40.2 Å². The van der Waals surface area contributed by atoms with Gasteiger partial charge in [0.15, 0.2) is 5.96 Å². The van der Waals surface area contributed by atoms with Gasteiger partial charge in [0.1, 0.15) is 0 Å². The van der Waals surface area contributed by atoms with Gasteiger partial charge in [-0.3, -0.25) is 4.99 Å². The monoisotopic (exact) mass is 424 g/mol. The normalized spacial score (nSPS) is 25.0. The van der Waals surface area contributed by atoms with Gasteiger partial charge in [-0.1, -0.05) is 18.2 Å². The summed E-state index contributed by atoms with van der Waals surface area (Å²) in [4.78, 5) is 4.72. The molecular formula is C20H32N4O2S2. The molecule has 1 unspecified atom stereocenters. The molecule has 0 radical (unpaired) electrons. The lowest BCUT2D eigenvalue weighted by atomic mass is 9.98. The molecule has 6 nitrogen and oxygen atoms in total. The molecule has 8 heteroatoms. The third kappa shape index (κ3) is 5.42. The number of rotatable bonds is 6. The Labute approximate surface area is 173 Å². The number of hydrogen-bond donors (Lipinski definition) is 2. The van der Waals surface area contributed by atoms with E-state index >= 15 is 0 Å². The maximum atomic E-state index is 12.7. The van der Waals surface area contributed by atoms with Crippen molar-refractivity contribution in [3.8, 4) is 0 Å². The summed E-state index contributed by atoms with van der Waals surface area (Å²) in [6.45, 7) is 5.20. The van der Waals surface area contributed by atoms with Gasteiger partial charge < -0.3 is 10.6 Å². The molecule has 0 bridgehead atoms.